The minimum absolute atomic E-state index is 0. The number of hydrogen-bond acceptors (Lipinski definition) is 4. The molecule has 7 heteroatoms. The maximum atomic E-state index is 12.1. The lowest BCUT2D eigenvalue weighted by atomic mass is 9.98. The van der Waals surface area contributed by atoms with E-state index in [1.807, 2.05) is 36.4 Å². The van der Waals surface area contributed by atoms with Crippen LogP contribution < -0.4 is 11.1 Å². The second-order valence-corrected chi connectivity index (χ2v) is 6.29. The Morgan fingerprint density at radius 1 is 1.07 bits per heavy atom. The molecule has 0 saturated carbocycles. The van der Waals surface area contributed by atoms with Crippen LogP contribution in [0.25, 0.3) is 11.1 Å². The van der Waals surface area contributed by atoms with Crippen molar-refractivity contribution in [1.29, 1.82) is 0 Å². The standard InChI is InChI=1S/C20H22N2O4.ClH/c21-11-5-10-18(19(23)24)22-20(25)26-12-17-15-8-3-1-6-13(15)14-7-2-4-9-16(14)17;/h1-4,6-9,17-18H,5,10-12,21H2,(H,22,25)(H,23,24);1H/t18-;/m1./s1. The molecule has 27 heavy (non-hydrogen) atoms. The topological polar surface area (TPSA) is 102 Å². The zero-order chi connectivity index (χ0) is 18.5. The normalized spacial score (nSPS) is 13.1. The lowest BCUT2D eigenvalue weighted by Gasteiger charge is -2.17. The quantitative estimate of drug-likeness (QED) is 0.674. The van der Waals surface area contributed by atoms with Gasteiger partial charge in [-0.05, 0) is 41.6 Å². The predicted octanol–water partition coefficient (Wildman–Crippen LogP) is 3.14. The summed E-state index contributed by atoms with van der Waals surface area (Å²) in [5.74, 6) is -1.15. The van der Waals surface area contributed by atoms with Crippen molar-refractivity contribution in [3.8, 4) is 11.1 Å². The number of fused-ring (bicyclic) bond motifs is 3. The molecule has 0 aromatic heterocycles. The monoisotopic (exact) mass is 390 g/mol. The number of aliphatic carboxylic acids is 1. The average molecular weight is 391 g/mol. The van der Waals surface area contributed by atoms with Gasteiger partial charge in [0.2, 0.25) is 0 Å². The number of halogens is 1. The molecule has 4 N–H and O–H groups in total. The van der Waals surface area contributed by atoms with Gasteiger partial charge in [-0.15, -0.1) is 12.4 Å². The van der Waals surface area contributed by atoms with Gasteiger partial charge in [-0.3, -0.25) is 0 Å². The fourth-order valence-corrected chi connectivity index (χ4v) is 3.36. The van der Waals surface area contributed by atoms with Gasteiger partial charge in [0.1, 0.15) is 12.6 Å². The predicted molar refractivity (Wildman–Crippen MR) is 105 cm³/mol. The first-order chi connectivity index (χ1) is 12.6. The van der Waals surface area contributed by atoms with Crippen molar-refractivity contribution >= 4 is 24.5 Å². The van der Waals surface area contributed by atoms with E-state index in [-0.39, 0.29) is 31.4 Å². The van der Waals surface area contributed by atoms with E-state index in [0.29, 0.717) is 13.0 Å². The Balaban J connectivity index is 0.00000261. The summed E-state index contributed by atoms with van der Waals surface area (Å²) in [6.45, 7) is 0.527. The van der Waals surface area contributed by atoms with Crippen molar-refractivity contribution in [3.05, 3.63) is 59.7 Å². The van der Waals surface area contributed by atoms with Crippen molar-refractivity contribution in [2.24, 2.45) is 5.73 Å². The van der Waals surface area contributed by atoms with Crippen LogP contribution in [0, 0.1) is 0 Å². The van der Waals surface area contributed by atoms with Crippen LogP contribution in [0.2, 0.25) is 0 Å². The average Bonchev–Trinajstić information content (AvgIpc) is 2.97. The van der Waals surface area contributed by atoms with Crippen LogP contribution in [0.3, 0.4) is 0 Å². The Morgan fingerprint density at radius 2 is 1.63 bits per heavy atom. The Labute approximate surface area is 164 Å². The first kappa shape index (κ1) is 20.7. The van der Waals surface area contributed by atoms with Crippen LogP contribution >= 0.6 is 12.4 Å². The fraction of sp³-hybridized carbons (Fsp3) is 0.300. The van der Waals surface area contributed by atoms with Crippen molar-refractivity contribution in [3.63, 3.8) is 0 Å². The number of carbonyl (C=O) groups excluding carboxylic acids is 1. The zero-order valence-corrected chi connectivity index (χ0v) is 15.6. The fourth-order valence-electron chi connectivity index (χ4n) is 3.36. The second-order valence-electron chi connectivity index (χ2n) is 6.29. The van der Waals surface area contributed by atoms with E-state index < -0.39 is 18.1 Å². The molecule has 0 bridgehead atoms. The highest BCUT2D eigenvalue weighted by Gasteiger charge is 2.29. The zero-order valence-electron chi connectivity index (χ0n) is 14.8. The van der Waals surface area contributed by atoms with E-state index in [2.05, 4.69) is 17.4 Å². The molecular formula is C20H23ClN2O4. The Bertz CT molecular complexity index is 767. The maximum Gasteiger partial charge on any atom is 0.407 e. The third-order valence-corrected chi connectivity index (χ3v) is 4.63. The molecule has 0 spiro atoms. The third kappa shape index (κ3) is 4.59. The Kier molecular flexibility index (Phi) is 7.21. The van der Waals surface area contributed by atoms with E-state index >= 15 is 0 Å². The number of alkyl carbamates (subject to hydrolysis) is 1. The summed E-state index contributed by atoms with van der Waals surface area (Å²) in [6.07, 6.45) is 0.0627. The minimum atomic E-state index is -1.09. The summed E-state index contributed by atoms with van der Waals surface area (Å²) >= 11 is 0. The number of nitrogens with two attached hydrogens (primary N) is 1. The van der Waals surface area contributed by atoms with Crippen LogP contribution in [0.5, 0.6) is 0 Å². The molecule has 0 aliphatic heterocycles. The molecule has 1 atom stereocenters. The second kappa shape index (κ2) is 9.39. The van der Waals surface area contributed by atoms with Crippen LogP contribution in [0.15, 0.2) is 48.5 Å². The van der Waals surface area contributed by atoms with Crippen molar-refractivity contribution in [2.45, 2.75) is 24.8 Å². The summed E-state index contributed by atoms with van der Waals surface area (Å²) in [6, 6.07) is 15.1. The highest BCUT2D eigenvalue weighted by Crippen LogP contribution is 2.44. The van der Waals surface area contributed by atoms with Gasteiger partial charge < -0.3 is 20.9 Å². The summed E-state index contributed by atoms with van der Waals surface area (Å²) < 4.78 is 5.36. The van der Waals surface area contributed by atoms with Crippen LogP contribution in [-0.2, 0) is 9.53 Å². The van der Waals surface area contributed by atoms with E-state index in [0.717, 1.165) is 22.3 Å². The summed E-state index contributed by atoms with van der Waals surface area (Å²) in [7, 11) is 0. The smallest absolute Gasteiger partial charge is 0.407 e. The summed E-state index contributed by atoms with van der Waals surface area (Å²) in [5.41, 5.74) is 9.91. The van der Waals surface area contributed by atoms with E-state index in [4.69, 9.17) is 10.5 Å². The van der Waals surface area contributed by atoms with Crippen molar-refractivity contribution in [1.82, 2.24) is 5.32 Å². The lowest BCUT2D eigenvalue weighted by Crippen LogP contribution is -2.41. The molecule has 1 amide bonds. The SMILES string of the molecule is Cl.NCCC[C@@H](NC(=O)OCC1c2ccccc2-c2ccccc21)C(=O)O. The molecule has 1 aliphatic rings. The van der Waals surface area contributed by atoms with Gasteiger partial charge in [-0.2, -0.15) is 0 Å². The van der Waals surface area contributed by atoms with Gasteiger partial charge >= 0.3 is 12.1 Å². The molecule has 3 rings (SSSR count). The Morgan fingerprint density at radius 3 is 2.15 bits per heavy atom. The number of amides is 1. The number of benzene rings is 2. The largest absolute Gasteiger partial charge is 0.480 e. The number of carbonyl (C=O) groups is 2. The van der Waals surface area contributed by atoms with Gasteiger partial charge in [0, 0.05) is 5.92 Å². The molecule has 0 radical (unpaired) electrons. The van der Waals surface area contributed by atoms with Crippen molar-refractivity contribution < 1.29 is 19.4 Å². The van der Waals surface area contributed by atoms with Gasteiger partial charge in [-0.1, -0.05) is 48.5 Å². The maximum absolute atomic E-state index is 12.1. The molecule has 0 unspecified atom stereocenters. The highest BCUT2D eigenvalue weighted by atomic mass is 35.5. The number of ether oxygens (including phenoxy) is 1. The van der Waals surface area contributed by atoms with Crippen molar-refractivity contribution in [2.75, 3.05) is 13.2 Å². The van der Waals surface area contributed by atoms with Gasteiger partial charge in [0.25, 0.3) is 0 Å². The number of carboxylic acid groups (broad SMARTS) is 1. The molecule has 1 aliphatic carbocycles. The molecule has 0 fully saturated rings. The molecule has 2 aromatic rings. The van der Waals surface area contributed by atoms with E-state index in [9.17, 15) is 14.7 Å². The number of nitrogens with one attached hydrogen (secondary N) is 1. The summed E-state index contributed by atoms with van der Waals surface area (Å²) in [5, 5.41) is 11.6. The number of rotatable bonds is 7. The highest BCUT2D eigenvalue weighted by molar-refractivity contribution is 5.85. The Hall–Kier alpha value is -2.57. The van der Waals surface area contributed by atoms with E-state index in [1.165, 1.54) is 0 Å². The molecule has 144 valence electrons. The first-order valence-electron chi connectivity index (χ1n) is 8.66. The van der Waals surface area contributed by atoms with Crippen LogP contribution in [0.1, 0.15) is 29.9 Å². The molecule has 6 nitrogen and oxygen atoms in total. The minimum Gasteiger partial charge on any atom is -0.480 e. The first-order valence-corrected chi connectivity index (χ1v) is 8.66. The lowest BCUT2D eigenvalue weighted by molar-refractivity contribution is -0.139. The molecule has 0 saturated heterocycles. The van der Waals surface area contributed by atoms with Gasteiger partial charge in [-0.25, -0.2) is 9.59 Å². The summed E-state index contributed by atoms with van der Waals surface area (Å²) in [4.78, 5) is 23.3. The third-order valence-electron chi connectivity index (χ3n) is 4.63. The van der Waals surface area contributed by atoms with Gasteiger partial charge in [0.15, 0.2) is 0 Å². The van der Waals surface area contributed by atoms with Crippen LogP contribution in [0.4, 0.5) is 4.79 Å². The number of hydrogen-bond donors (Lipinski definition) is 3. The van der Waals surface area contributed by atoms with Crippen LogP contribution in [-0.4, -0.2) is 36.4 Å². The number of carboxylic acids is 1. The molecule has 0 heterocycles. The van der Waals surface area contributed by atoms with E-state index in [1.54, 1.807) is 0 Å². The van der Waals surface area contributed by atoms with Gasteiger partial charge in [0.05, 0.1) is 0 Å². The molecule has 2 aromatic carbocycles. The molecular weight excluding hydrogens is 368 g/mol.